The van der Waals surface area contributed by atoms with Gasteiger partial charge in [0.1, 0.15) is 16.1 Å². The third-order valence-corrected chi connectivity index (χ3v) is 8.28. The van der Waals surface area contributed by atoms with E-state index in [-0.39, 0.29) is 22.1 Å². The molecule has 0 aliphatic carbocycles. The largest absolute Gasteiger partial charge is 0.751 e. The lowest BCUT2D eigenvalue weighted by atomic mass is 10.2. The van der Waals surface area contributed by atoms with Crippen molar-refractivity contribution < 1.29 is 26.4 Å². The number of benzene rings is 1. The Morgan fingerprint density at radius 2 is 2.07 bits per heavy atom. The fraction of sp³-hybridized carbons (Fsp3) is 0.133. The fourth-order valence-corrected chi connectivity index (χ4v) is 6.41. The van der Waals surface area contributed by atoms with Crippen LogP contribution in [0.5, 0.6) is 5.75 Å². The van der Waals surface area contributed by atoms with Crippen molar-refractivity contribution in [1.29, 1.82) is 5.26 Å². The van der Waals surface area contributed by atoms with Gasteiger partial charge in [-0.05, 0) is 29.8 Å². The molecule has 10 nitrogen and oxygen atoms in total. The average Bonchev–Trinajstić information content (AvgIpc) is 3.25. The van der Waals surface area contributed by atoms with Gasteiger partial charge in [0.25, 0.3) is 10.0 Å². The summed E-state index contributed by atoms with van der Waals surface area (Å²) < 4.78 is 63.3. The summed E-state index contributed by atoms with van der Waals surface area (Å²) in [6, 6.07) is 8.11. The molecular formula is C15H10FN5O5PS3+. The van der Waals surface area contributed by atoms with Gasteiger partial charge in [-0.3, -0.25) is 0 Å². The molecule has 0 aliphatic rings. The molecule has 0 bridgehead atoms. The molecule has 2 aromatic heterocycles. The van der Waals surface area contributed by atoms with Gasteiger partial charge in [-0.15, -0.1) is 22.7 Å². The molecule has 15 heteroatoms. The number of sulfonamides is 1. The Bertz CT molecular complexity index is 1280. The van der Waals surface area contributed by atoms with Gasteiger partial charge in [0, 0.05) is 29.8 Å². The Morgan fingerprint density at radius 3 is 2.73 bits per heavy atom. The summed E-state index contributed by atoms with van der Waals surface area (Å²) >= 11 is 2.33. The topological polar surface area (TPSA) is 154 Å². The van der Waals surface area contributed by atoms with Gasteiger partial charge in [-0.25, -0.2) is 17.3 Å². The molecule has 0 aliphatic heterocycles. The lowest BCUT2D eigenvalue weighted by molar-refractivity contribution is 0.282. The molecule has 3 aromatic rings. The molecule has 0 spiro atoms. The summed E-state index contributed by atoms with van der Waals surface area (Å²) in [6.45, 7) is -0.448. The van der Waals surface area contributed by atoms with Crippen LogP contribution in [-0.4, -0.2) is 15.1 Å². The standard InChI is InChI=1S/C15H10FN5O5PS3/c16-12-3-10(2-1-9(12)6-17)26-27(22)25-8-20-30(23,24)15-5-14-13(29-15)4-11(28-14)7-19-21-18/h1-5,20H,7-8H2/q+1. The van der Waals surface area contributed by atoms with Crippen LogP contribution in [-0.2, 0) is 25.7 Å². The zero-order valence-electron chi connectivity index (χ0n) is 14.7. The molecule has 0 fully saturated rings. The van der Waals surface area contributed by atoms with Crippen LogP contribution >= 0.6 is 30.9 Å². The van der Waals surface area contributed by atoms with Gasteiger partial charge < -0.3 is 0 Å². The Balaban J connectivity index is 1.57. The van der Waals surface area contributed by atoms with Crippen molar-refractivity contribution in [1.82, 2.24) is 4.72 Å². The summed E-state index contributed by atoms with van der Waals surface area (Å²) in [7, 11) is -6.70. The minimum Gasteiger partial charge on any atom is -0.229 e. The van der Waals surface area contributed by atoms with E-state index in [1.54, 1.807) is 12.1 Å². The fourth-order valence-electron chi connectivity index (χ4n) is 2.16. The molecule has 0 saturated heterocycles. The highest BCUT2D eigenvalue weighted by molar-refractivity contribution is 7.91. The first-order valence-corrected chi connectivity index (χ1v) is 12.0. The Hall–Kier alpha value is -2.62. The highest BCUT2D eigenvalue weighted by Crippen LogP contribution is 2.36. The van der Waals surface area contributed by atoms with E-state index in [2.05, 4.69) is 14.7 Å². The minimum atomic E-state index is -3.92. The molecule has 2 heterocycles. The molecule has 0 radical (unpaired) electrons. The summed E-state index contributed by atoms with van der Waals surface area (Å²) in [4.78, 5) is 3.49. The van der Waals surface area contributed by atoms with Crippen molar-refractivity contribution in [3.8, 4) is 11.8 Å². The summed E-state index contributed by atoms with van der Waals surface area (Å²) in [6.07, 6.45) is 0. The van der Waals surface area contributed by atoms with Gasteiger partial charge in [0.2, 0.25) is 0 Å². The van der Waals surface area contributed by atoms with Crippen molar-refractivity contribution in [2.24, 2.45) is 5.11 Å². The first-order chi connectivity index (χ1) is 14.3. The van der Waals surface area contributed by atoms with Crippen LogP contribution in [0.2, 0.25) is 0 Å². The SMILES string of the molecule is N#Cc1ccc(O[P+](=O)OCNS(=O)(=O)c2cc3sc(CN=[N+]=[N-])cc3s2)cc1F. The average molecular weight is 486 g/mol. The maximum absolute atomic E-state index is 13.5. The Morgan fingerprint density at radius 1 is 1.30 bits per heavy atom. The zero-order chi connectivity index (χ0) is 21.7. The first kappa shape index (κ1) is 22.1. The lowest BCUT2D eigenvalue weighted by Crippen LogP contribution is -2.24. The molecule has 1 N–H and O–H groups in total. The van der Waals surface area contributed by atoms with Gasteiger partial charge in [-0.2, -0.15) is 9.98 Å². The first-order valence-electron chi connectivity index (χ1n) is 7.83. The van der Waals surface area contributed by atoms with Crippen molar-refractivity contribution >= 4 is 50.4 Å². The molecular weight excluding hydrogens is 476 g/mol. The quantitative estimate of drug-likeness (QED) is 0.151. The van der Waals surface area contributed by atoms with Crippen molar-refractivity contribution in [2.45, 2.75) is 10.8 Å². The highest BCUT2D eigenvalue weighted by Gasteiger charge is 2.26. The number of nitriles is 1. The molecule has 154 valence electrons. The summed E-state index contributed by atoms with van der Waals surface area (Å²) in [5, 5.41) is 12.1. The van der Waals surface area contributed by atoms with Crippen molar-refractivity contribution in [2.75, 3.05) is 6.73 Å². The van der Waals surface area contributed by atoms with Crippen LogP contribution in [0.3, 0.4) is 0 Å². The van der Waals surface area contributed by atoms with E-state index in [4.69, 9.17) is 19.8 Å². The minimum absolute atomic E-state index is 0.0352. The second kappa shape index (κ2) is 9.46. The number of nitrogens with one attached hydrogen (secondary N) is 1. The predicted octanol–water partition coefficient (Wildman–Crippen LogP) is 4.77. The highest BCUT2D eigenvalue weighted by atomic mass is 32.2. The lowest BCUT2D eigenvalue weighted by Gasteiger charge is -2.00. The number of halogens is 1. The van der Waals surface area contributed by atoms with E-state index in [0.717, 1.165) is 37.7 Å². The van der Waals surface area contributed by atoms with Crippen molar-refractivity contribution in [3.63, 3.8) is 0 Å². The summed E-state index contributed by atoms with van der Waals surface area (Å²) in [5.41, 5.74) is 8.15. The van der Waals surface area contributed by atoms with Crippen LogP contribution in [0.15, 0.2) is 39.7 Å². The maximum atomic E-state index is 13.5. The second-order valence-electron chi connectivity index (χ2n) is 5.39. The van der Waals surface area contributed by atoms with Crippen LogP contribution in [0.25, 0.3) is 19.8 Å². The van der Waals surface area contributed by atoms with Crippen LogP contribution < -0.4 is 9.25 Å². The van der Waals surface area contributed by atoms with Gasteiger partial charge >= 0.3 is 8.25 Å². The smallest absolute Gasteiger partial charge is 0.229 e. The van der Waals surface area contributed by atoms with E-state index in [1.165, 1.54) is 23.5 Å². The third kappa shape index (κ3) is 5.29. The van der Waals surface area contributed by atoms with Crippen LogP contribution in [0.1, 0.15) is 10.4 Å². The van der Waals surface area contributed by atoms with Crippen molar-refractivity contribution in [3.05, 3.63) is 57.0 Å². The second-order valence-corrected chi connectivity index (χ2v) is 10.5. The monoisotopic (exact) mass is 486 g/mol. The van der Waals surface area contributed by atoms with E-state index in [1.807, 2.05) is 0 Å². The Kier molecular flexibility index (Phi) is 6.96. The van der Waals surface area contributed by atoms with E-state index >= 15 is 0 Å². The van der Waals surface area contributed by atoms with Gasteiger partial charge in [-0.1, -0.05) is 9.64 Å². The molecule has 1 aromatic carbocycles. The molecule has 1 atom stereocenters. The number of fused-ring (bicyclic) bond motifs is 1. The Labute approximate surface area is 178 Å². The maximum Gasteiger partial charge on any atom is 0.751 e. The summed E-state index contributed by atoms with van der Waals surface area (Å²) in [5.74, 6) is -0.982. The zero-order valence-corrected chi connectivity index (χ0v) is 18.0. The molecule has 3 rings (SSSR count). The van der Waals surface area contributed by atoms with E-state index < -0.39 is 30.8 Å². The van der Waals surface area contributed by atoms with E-state index in [9.17, 15) is 17.4 Å². The van der Waals surface area contributed by atoms with Crippen LogP contribution in [0, 0.1) is 17.1 Å². The van der Waals surface area contributed by atoms with Crippen LogP contribution in [0.4, 0.5) is 4.39 Å². The normalized spacial score (nSPS) is 11.7. The third-order valence-electron chi connectivity index (χ3n) is 3.45. The number of azide groups is 1. The number of thiophene rings is 2. The number of hydrogen-bond acceptors (Lipinski definition) is 9. The number of rotatable bonds is 9. The van der Waals surface area contributed by atoms with E-state index in [0.29, 0.717) is 0 Å². The van der Waals surface area contributed by atoms with Gasteiger partial charge in [0.15, 0.2) is 12.5 Å². The van der Waals surface area contributed by atoms with Gasteiger partial charge in [0.05, 0.1) is 12.1 Å². The predicted molar refractivity (Wildman–Crippen MR) is 108 cm³/mol. The molecule has 30 heavy (non-hydrogen) atoms. The number of hydrogen-bond donors (Lipinski definition) is 1. The number of nitrogens with zero attached hydrogens (tertiary/aromatic N) is 4. The molecule has 1 unspecified atom stereocenters. The molecule has 0 amide bonds. The molecule has 0 saturated carbocycles.